The number of hydrogen-bond donors (Lipinski definition) is 0. The Bertz CT molecular complexity index is 685. The Morgan fingerprint density at radius 2 is 2.10 bits per heavy atom. The molecule has 0 aliphatic heterocycles. The summed E-state index contributed by atoms with van der Waals surface area (Å²) < 4.78 is 6.12. The number of aromatic nitrogens is 1. The van der Waals surface area contributed by atoms with Crippen LogP contribution in [0.1, 0.15) is 20.8 Å². The number of halogens is 2. The molecule has 1 aromatic carbocycles. The molecule has 112 valence electrons. The number of carbonyl (C=O) groups is 1. The van der Waals surface area contributed by atoms with Crippen molar-refractivity contribution < 1.29 is 9.53 Å². The van der Waals surface area contributed by atoms with E-state index in [1.54, 1.807) is 6.07 Å². The highest BCUT2D eigenvalue weighted by atomic mass is 79.9. The molecule has 0 saturated carbocycles. The normalized spacial score (nSPS) is 11.7. The number of esters is 1. The molecule has 1 heterocycles. The van der Waals surface area contributed by atoms with Crippen molar-refractivity contribution in [3.8, 4) is 0 Å². The average molecular weight is 389 g/mol. The van der Waals surface area contributed by atoms with Crippen LogP contribution in [-0.4, -0.2) is 22.3 Å². The SMILES string of the molecule is CC(C)(C)OC(=O)CSc1nc2ccc(Cl)cc2cc1Br. The molecule has 0 unspecified atom stereocenters. The summed E-state index contributed by atoms with van der Waals surface area (Å²) in [4.78, 5) is 16.3. The Hall–Kier alpha value is -0.780. The number of benzene rings is 1. The van der Waals surface area contributed by atoms with Crippen LogP contribution in [0.5, 0.6) is 0 Å². The van der Waals surface area contributed by atoms with Crippen molar-refractivity contribution in [3.63, 3.8) is 0 Å². The van der Waals surface area contributed by atoms with Crippen LogP contribution in [0.4, 0.5) is 0 Å². The van der Waals surface area contributed by atoms with Crippen molar-refractivity contribution in [2.45, 2.75) is 31.4 Å². The summed E-state index contributed by atoms with van der Waals surface area (Å²) in [6, 6.07) is 7.47. The zero-order valence-electron chi connectivity index (χ0n) is 11.9. The van der Waals surface area contributed by atoms with E-state index in [2.05, 4.69) is 20.9 Å². The van der Waals surface area contributed by atoms with Gasteiger partial charge in [0.1, 0.15) is 10.6 Å². The number of fused-ring (bicyclic) bond motifs is 1. The maximum atomic E-state index is 11.7. The third kappa shape index (κ3) is 4.87. The Morgan fingerprint density at radius 3 is 2.76 bits per heavy atom. The first kappa shape index (κ1) is 16.6. The van der Waals surface area contributed by atoms with E-state index >= 15 is 0 Å². The van der Waals surface area contributed by atoms with Gasteiger partial charge in [0.25, 0.3) is 0 Å². The van der Waals surface area contributed by atoms with Gasteiger partial charge in [-0.2, -0.15) is 0 Å². The summed E-state index contributed by atoms with van der Waals surface area (Å²) >= 11 is 10.8. The van der Waals surface area contributed by atoms with Crippen molar-refractivity contribution in [3.05, 3.63) is 33.8 Å². The van der Waals surface area contributed by atoms with Crippen LogP contribution in [-0.2, 0) is 9.53 Å². The highest BCUT2D eigenvalue weighted by molar-refractivity contribution is 9.10. The van der Waals surface area contributed by atoms with Gasteiger partial charge in [0.2, 0.25) is 0 Å². The van der Waals surface area contributed by atoms with Gasteiger partial charge in [0.15, 0.2) is 0 Å². The minimum absolute atomic E-state index is 0.224. The zero-order chi connectivity index (χ0) is 15.6. The molecule has 0 radical (unpaired) electrons. The van der Waals surface area contributed by atoms with Crippen LogP contribution in [0, 0.1) is 0 Å². The van der Waals surface area contributed by atoms with Crippen molar-refractivity contribution in [2.75, 3.05) is 5.75 Å². The topological polar surface area (TPSA) is 39.2 Å². The van der Waals surface area contributed by atoms with Crippen LogP contribution < -0.4 is 0 Å². The van der Waals surface area contributed by atoms with Gasteiger partial charge in [-0.25, -0.2) is 4.98 Å². The summed E-state index contributed by atoms with van der Waals surface area (Å²) in [6.45, 7) is 5.55. The molecule has 0 N–H and O–H groups in total. The molecule has 6 heteroatoms. The second-order valence-electron chi connectivity index (χ2n) is 5.49. The predicted octanol–water partition coefficient (Wildman–Crippen LogP) is 5.08. The van der Waals surface area contributed by atoms with E-state index in [-0.39, 0.29) is 11.7 Å². The summed E-state index contributed by atoms with van der Waals surface area (Å²) in [5.74, 6) is -0.0282. The van der Waals surface area contributed by atoms with Gasteiger partial charge in [-0.3, -0.25) is 4.79 Å². The Morgan fingerprint density at radius 1 is 1.38 bits per heavy atom. The van der Waals surface area contributed by atoms with Gasteiger partial charge >= 0.3 is 5.97 Å². The monoisotopic (exact) mass is 387 g/mol. The smallest absolute Gasteiger partial charge is 0.316 e. The minimum atomic E-state index is -0.470. The molecule has 0 amide bonds. The second kappa shape index (κ2) is 6.55. The predicted molar refractivity (Wildman–Crippen MR) is 91.0 cm³/mol. The molecule has 1 aromatic heterocycles. The lowest BCUT2D eigenvalue weighted by molar-refractivity contribution is -0.151. The summed E-state index contributed by atoms with van der Waals surface area (Å²) in [5, 5.41) is 2.39. The van der Waals surface area contributed by atoms with Crippen LogP contribution in [0.25, 0.3) is 10.9 Å². The van der Waals surface area contributed by atoms with E-state index < -0.39 is 5.60 Å². The maximum Gasteiger partial charge on any atom is 0.316 e. The molecule has 0 bridgehead atoms. The fourth-order valence-corrected chi connectivity index (χ4v) is 3.24. The maximum absolute atomic E-state index is 11.7. The van der Waals surface area contributed by atoms with E-state index in [0.717, 1.165) is 20.4 Å². The van der Waals surface area contributed by atoms with Crippen LogP contribution in [0.2, 0.25) is 5.02 Å². The highest BCUT2D eigenvalue weighted by Gasteiger charge is 2.17. The van der Waals surface area contributed by atoms with Gasteiger partial charge in [0, 0.05) is 10.4 Å². The highest BCUT2D eigenvalue weighted by Crippen LogP contribution is 2.30. The van der Waals surface area contributed by atoms with E-state index in [1.165, 1.54) is 11.8 Å². The van der Waals surface area contributed by atoms with Gasteiger partial charge in [0.05, 0.1) is 15.7 Å². The molecule has 2 rings (SSSR count). The van der Waals surface area contributed by atoms with E-state index in [4.69, 9.17) is 16.3 Å². The first-order valence-corrected chi connectivity index (χ1v) is 8.51. The van der Waals surface area contributed by atoms with Gasteiger partial charge < -0.3 is 4.74 Å². The van der Waals surface area contributed by atoms with E-state index in [1.807, 2.05) is 39.0 Å². The molecular formula is C15H15BrClNO2S. The largest absolute Gasteiger partial charge is 0.459 e. The standard InChI is InChI=1S/C15H15BrClNO2S/c1-15(2,3)20-13(19)8-21-14-11(16)7-9-6-10(17)4-5-12(9)18-14/h4-7H,8H2,1-3H3. The minimum Gasteiger partial charge on any atom is -0.459 e. The summed E-state index contributed by atoms with van der Waals surface area (Å²) in [7, 11) is 0. The average Bonchev–Trinajstić information content (AvgIpc) is 2.34. The first-order chi connectivity index (χ1) is 9.74. The summed E-state index contributed by atoms with van der Waals surface area (Å²) in [5.41, 5.74) is 0.372. The fraction of sp³-hybridized carbons (Fsp3) is 0.333. The molecule has 2 aromatic rings. The Kier molecular flexibility index (Phi) is 5.17. The van der Waals surface area contributed by atoms with Crippen LogP contribution >= 0.6 is 39.3 Å². The number of rotatable bonds is 3. The van der Waals surface area contributed by atoms with Gasteiger partial charge in [-0.1, -0.05) is 23.4 Å². The summed E-state index contributed by atoms with van der Waals surface area (Å²) in [6.07, 6.45) is 0. The Labute approximate surface area is 141 Å². The van der Waals surface area contributed by atoms with Gasteiger partial charge in [-0.15, -0.1) is 0 Å². The van der Waals surface area contributed by atoms with Crippen molar-refractivity contribution in [2.24, 2.45) is 0 Å². The molecule has 0 aliphatic rings. The van der Waals surface area contributed by atoms with Crippen molar-refractivity contribution >= 4 is 56.2 Å². The second-order valence-corrected chi connectivity index (χ2v) is 7.74. The molecule has 0 atom stereocenters. The quantitative estimate of drug-likeness (QED) is 0.542. The van der Waals surface area contributed by atoms with Crippen molar-refractivity contribution in [1.29, 1.82) is 0 Å². The molecule has 3 nitrogen and oxygen atoms in total. The Balaban J connectivity index is 2.14. The third-order valence-corrected chi connectivity index (χ3v) is 4.51. The van der Waals surface area contributed by atoms with E-state index in [9.17, 15) is 4.79 Å². The third-order valence-electron chi connectivity index (χ3n) is 2.44. The molecule has 0 aliphatic carbocycles. The lowest BCUT2D eigenvalue weighted by Crippen LogP contribution is -2.24. The lowest BCUT2D eigenvalue weighted by atomic mass is 10.2. The van der Waals surface area contributed by atoms with E-state index in [0.29, 0.717) is 5.02 Å². The number of pyridine rings is 1. The molecule has 21 heavy (non-hydrogen) atoms. The number of carbonyl (C=O) groups excluding carboxylic acids is 1. The number of thioether (sulfide) groups is 1. The number of ether oxygens (including phenoxy) is 1. The number of nitrogens with zero attached hydrogens (tertiary/aromatic N) is 1. The molecular weight excluding hydrogens is 374 g/mol. The number of hydrogen-bond acceptors (Lipinski definition) is 4. The fourth-order valence-electron chi connectivity index (χ4n) is 1.70. The molecule has 0 spiro atoms. The molecule has 0 fully saturated rings. The zero-order valence-corrected chi connectivity index (χ0v) is 15.1. The van der Waals surface area contributed by atoms with Crippen LogP contribution in [0.15, 0.2) is 33.8 Å². The van der Waals surface area contributed by atoms with Crippen molar-refractivity contribution in [1.82, 2.24) is 4.98 Å². The van der Waals surface area contributed by atoms with Crippen LogP contribution in [0.3, 0.4) is 0 Å². The molecule has 0 saturated heterocycles. The van der Waals surface area contributed by atoms with Gasteiger partial charge in [-0.05, 0) is 61.0 Å². The first-order valence-electron chi connectivity index (χ1n) is 6.35. The lowest BCUT2D eigenvalue weighted by Gasteiger charge is -2.19.